The molecule has 2 heterocycles. The summed E-state index contributed by atoms with van der Waals surface area (Å²) in [5.41, 5.74) is 4.63. The normalized spacial score (nSPS) is 14.8. The topological polar surface area (TPSA) is 47.0 Å². The van der Waals surface area contributed by atoms with Gasteiger partial charge in [0.15, 0.2) is 0 Å². The average molecular weight is 380 g/mol. The number of aromatic nitrogens is 1. The first-order chi connectivity index (χ1) is 12.2. The predicted octanol–water partition coefficient (Wildman–Crippen LogP) is 4.42. The van der Waals surface area contributed by atoms with E-state index in [1.807, 2.05) is 30.5 Å². The Balaban J connectivity index is 1.87. The van der Waals surface area contributed by atoms with Crippen LogP contribution in [0.5, 0.6) is 0 Å². The van der Waals surface area contributed by atoms with Crippen molar-refractivity contribution in [1.29, 1.82) is 0 Å². The second-order valence-electron chi connectivity index (χ2n) is 7.84. The maximum atomic E-state index is 12.7. The van der Waals surface area contributed by atoms with Crippen molar-refractivity contribution < 1.29 is 8.42 Å². The van der Waals surface area contributed by atoms with Gasteiger partial charge in [-0.2, -0.15) is 0 Å². The monoisotopic (exact) mass is 379 g/mol. The van der Waals surface area contributed by atoms with Crippen LogP contribution in [0.15, 0.2) is 64.5 Å². The van der Waals surface area contributed by atoms with E-state index in [4.69, 9.17) is 0 Å². The summed E-state index contributed by atoms with van der Waals surface area (Å²) < 4.78 is 25.4. The lowest BCUT2D eigenvalue weighted by molar-refractivity contribution is 0.598. The lowest BCUT2D eigenvalue weighted by atomic mass is 10.0. The van der Waals surface area contributed by atoms with Crippen molar-refractivity contribution in [2.75, 3.05) is 0 Å². The molecule has 26 heavy (non-hydrogen) atoms. The second-order valence-corrected chi connectivity index (χ2v) is 14.8. The molecule has 3 aromatic rings. The van der Waals surface area contributed by atoms with Gasteiger partial charge in [-0.3, -0.25) is 4.98 Å². The zero-order valence-corrected chi connectivity index (χ0v) is 17.2. The molecule has 0 atom stereocenters. The zero-order valence-electron chi connectivity index (χ0n) is 15.4. The minimum Gasteiger partial charge on any atom is -0.256 e. The van der Waals surface area contributed by atoms with E-state index in [0.717, 1.165) is 22.4 Å². The van der Waals surface area contributed by atoms with Gasteiger partial charge >= 0.3 is 0 Å². The SMILES string of the molecule is Cc1cc(-c2ccc3c(c2)-c2ccccc2S3(=O)=O)ncc1[Si](C)(C)C. The highest BCUT2D eigenvalue weighted by atomic mass is 32.2. The van der Waals surface area contributed by atoms with Crippen LogP contribution in [-0.4, -0.2) is 21.5 Å². The molecule has 0 unspecified atom stereocenters. The van der Waals surface area contributed by atoms with Crippen molar-refractivity contribution in [2.45, 2.75) is 36.4 Å². The third-order valence-electron chi connectivity index (χ3n) is 4.95. The highest BCUT2D eigenvalue weighted by molar-refractivity contribution is 7.92. The molecule has 132 valence electrons. The molecular weight excluding hydrogens is 358 g/mol. The van der Waals surface area contributed by atoms with Crippen molar-refractivity contribution in [3.63, 3.8) is 0 Å². The van der Waals surface area contributed by atoms with Crippen LogP contribution in [0.25, 0.3) is 22.4 Å². The molecule has 1 aliphatic rings. The molecule has 0 spiro atoms. The number of pyridine rings is 1. The molecule has 0 saturated heterocycles. The highest BCUT2D eigenvalue weighted by Crippen LogP contribution is 2.44. The van der Waals surface area contributed by atoms with Crippen LogP contribution >= 0.6 is 0 Å². The van der Waals surface area contributed by atoms with Crippen molar-refractivity contribution in [1.82, 2.24) is 4.98 Å². The number of benzene rings is 2. The van der Waals surface area contributed by atoms with Gasteiger partial charge < -0.3 is 0 Å². The molecule has 0 saturated carbocycles. The zero-order chi connectivity index (χ0) is 18.7. The average Bonchev–Trinajstić information content (AvgIpc) is 2.82. The molecule has 0 N–H and O–H groups in total. The first-order valence-electron chi connectivity index (χ1n) is 8.65. The molecule has 0 aliphatic carbocycles. The fourth-order valence-electron chi connectivity index (χ4n) is 3.68. The smallest absolute Gasteiger partial charge is 0.207 e. The van der Waals surface area contributed by atoms with Crippen LogP contribution in [0.2, 0.25) is 19.6 Å². The van der Waals surface area contributed by atoms with Crippen molar-refractivity contribution in [3.8, 4) is 22.4 Å². The van der Waals surface area contributed by atoms with Crippen molar-refractivity contribution in [3.05, 3.63) is 60.3 Å². The van der Waals surface area contributed by atoms with E-state index in [2.05, 4.69) is 37.6 Å². The number of sulfone groups is 1. The van der Waals surface area contributed by atoms with Crippen LogP contribution < -0.4 is 5.19 Å². The van der Waals surface area contributed by atoms with Gasteiger partial charge in [0.05, 0.1) is 23.6 Å². The van der Waals surface area contributed by atoms with E-state index >= 15 is 0 Å². The molecule has 5 heteroatoms. The summed E-state index contributed by atoms with van der Waals surface area (Å²) >= 11 is 0. The van der Waals surface area contributed by atoms with Gasteiger partial charge in [0.25, 0.3) is 0 Å². The maximum absolute atomic E-state index is 12.7. The minimum atomic E-state index is -3.41. The van der Waals surface area contributed by atoms with E-state index in [-0.39, 0.29) is 0 Å². The molecule has 3 nitrogen and oxygen atoms in total. The Morgan fingerprint density at radius 2 is 1.58 bits per heavy atom. The highest BCUT2D eigenvalue weighted by Gasteiger charge is 2.32. The summed E-state index contributed by atoms with van der Waals surface area (Å²) in [5, 5.41) is 1.36. The molecule has 0 amide bonds. The van der Waals surface area contributed by atoms with E-state index in [9.17, 15) is 8.42 Å². The van der Waals surface area contributed by atoms with E-state index < -0.39 is 17.9 Å². The van der Waals surface area contributed by atoms with Gasteiger partial charge in [-0.1, -0.05) is 43.9 Å². The Bertz CT molecular complexity index is 1140. The summed E-state index contributed by atoms with van der Waals surface area (Å²) in [6.07, 6.45) is 1.99. The number of hydrogen-bond donors (Lipinski definition) is 0. The van der Waals surface area contributed by atoms with Gasteiger partial charge in [0.2, 0.25) is 9.84 Å². The van der Waals surface area contributed by atoms with Crippen LogP contribution in [-0.2, 0) is 9.84 Å². The lowest BCUT2D eigenvalue weighted by Gasteiger charge is -2.19. The van der Waals surface area contributed by atoms with E-state index in [1.165, 1.54) is 10.8 Å². The molecule has 1 aromatic heterocycles. The van der Waals surface area contributed by atoms with Gasteiger partial charge in [0.1, 0.15) is 0 Å². The van der Waals surface area contributed by atoms with Crippen LogP contribution in [0.1, 0.15) is 5.56 Å². The molecule has 0 bridgehead atoms. The largest absolute Gasteiger partial charge is 0.256 e. The third-order valence-corrected chi connectivity index (χ3v) is 8.96. The summed E-state index contributed by atoms with van der Waals surface area (Å²) in [6.45, 7) is 9.07. The molecule has 2 aromatic carbocycles. The van der Waals surface area contributed by atoms with E-state index in [1.54, 1.807) is 18.2 Å². The summed E-state index contributed by atoms with van der Waals surface area (Å²) in [6, 6.07) is 14.8. The molecule has 0 fully saturated rings. The minimum absolute atomic E-state index is 0.387. The van der Waals surface area contributed by atoms with Crippen LogP contribution in [0.4, 0.5) is 0 Å². The number of nitrogens with zero attached hydrogens (tertiary/aromatic N) is 1. The van der Waals surface area contributed by atoms with E-state index in [0.29, 0.717) is 9.79 Å². The fraction of sp³-hybridized carbons (Fsp3) is 0.190. The number of aryl methyl sites for hydroxylation is 1. The Morgan fingerprint density at radius 3 is 2.27 bits per heavy atom. The second kappa shape index (κ2) is 5.63. The Kier molecular flexibility index (Phi) is 3.72. The van der Waals surface area contributed by atoms with Crippen molar-refractivity contribution >= 4 is 23.1 Å². The summed E-state index contributed by atoms with van der Waals surface area (Å²) in [7, 11) is -4.84. The number of hydrogen-bond acceptors (Lipinski definition) is 3. The molecular formula is C21H21NO2SSi. The standard InChI is InChI=1S/C21H21NO2SSi/c1-14-11-18(22-13-21(14)26(2,3)4)15-9-10-20-17(12-15)16-7-5-6-8-19(16)25(20,23)24/h5-13H,1-4H3. The van der Waals surface area contributed by atoms with Crippen LogP contribution in [0.3, 0.4) is 0 Å². The third kappa shape index (κ3) is 2.54. The Hall–Kier alpha value is -2.24. The van der Waals surface area contributed by atoms with Gasteiger partial charge in [-0.15, -0.1) is 0 Å². The summed E-state index contributed by atoms with van der Waals surface area (Å²) in [4.78, 5) is 5.46. The molecule has 4 rings (SSSR count). The Morgan fingerprint density at radius 1 is 0.885 bits per heavy atom. The first-order valence-corrected chi connectivity index (χ1v) is 13.6. The quantitative estimate of drug-likeness (QED) is 0.485. The summed E-state index contributed by atoms with van der Waals surface area (Å²) in [5.74, 6) is 0. The number of fused-ring (bicyclic) bond motifs is 3. The molecule has 0 radical (unpaired) electrons. The van der Waals surface area contributed by atoms with Crippen LogP contribution in [0, 0.1) is 6.92 Å². The van der Waals surface area contributed by atoms with Gasteiger partial charge in [0, 0.05) is 22.9 Å². The molecule has 1 aliphatic heterocycles. The number of rotatable bonds is 2. The van der Waals surface area contributed by atoms with Gasteiger partial charge in [-0.25, -0.2) is 8.42 Å². The maximum Gasteiger partial charge on any atom is 0.207 e. The van der Waals surface area contributed by atoms with Crippen molar-refractivity contribution in [2.24, 2.45) is 0 Å². The predicted molar refractivity (Wildman–Crippen MR) is 108 cm³/mol. The van der Waals surface area contributed by atoms with Gasteiger partial charge in [-0.05, 0) is 41.9 Å². The Labute approximate surface area is 155 Å². The lowest BCUT2D eigenvalue weighted by Crippen LogP contribution is -2.39. The first kappa shape index (κ1) is 17.2. The fourth-order valence-corrected chi connectivity index (χ4v) is 7.05.